The van der Waals surface area contributed by atoms with Crippen LogP contribution in [0.1, 0.15) is 40.2 Å². The second kappa shape index (κ2) is 9.44. The first-order valence-corrected chi connectivity index (χ1v) is 12.9. The highest BCUT2D eigenvalue weighted by Crippen LogP contribution is 2.34. The molecule has 5 rings (SSSR count). The van der Waals surface area contributed by atoms with Crippen LogP contribution in [0.2, 0.25) is 0 Å². The van der Waals surface area contributed by atoms with E-state index in [1.165, 1.54) is 0 Å². The van der Waals surface area contributed by atoms with Gasteiger partial charge in [0.25, 0.3) is 0 Å². The van der Waals surface area contributed by atoms with Crippen LogP contribution in [0.25, 0.3) is 10.9 Å². The van der Waals surface area contributed by atoms with Crippen LogP contribution < -0.4 is 15.1 Å². The third-order valence-corrected chi connectivity index (χ3v) is 7.39. The van der Waals surface area contributed by atoms with Crippen LogP contribution in [-0.4, -0.2) is 87.0 Å². The standard InChI is InChI=1S/C26H37N9O2/c1-16(2)35-19-11-22(28-12-18(19)23(31-35)34-13-17(14-34)24(37)32(5)6)29-21-7-9-27-25(30-21)33-10-8-20(36)26(3,4)15-33/h7,9,11-12,16-17,20,36H,8,10,13-15H2,1-6H3,(H,27,28,29,30). The Morgan fingerprint density at radius 1 is 1.19 bits per heavy atom. The molecule has 11 nitrogen and oxygen atoms in total. The minimum Gasteiger partial charge on any atom is -0.392 e. The Morgan fingerprint density at radius 3 is 2.62 bits per heavy atom. The quantitative estimate of drug-likeness (QED) is 0.519. The van der Waals surface area contributed by atoms with Gasteiger partial charge in [-0.2, -0.15) is 10.1 Å². The molecule has 1 atom stereocenters. The van der Waals surface area contributed by atoms with Gasteiger partial charge in [0.05, 0.1) is 22.9 Å². The van der Waals surface area contributed by atoms with Gasteiger partial charge in [0.15, 0.2) is 5.82 Å². The average molecular weight is 508 g/mol. The van der Waals surface area contributed by atoms with Crippen LogP contribution in [0.4, 0.5) is 23.4 Å². The summed E-state index contributed by atoms with van der Waals surface area (Å²) in [4.78, 5) is 32.1. The fraction of sp³-hybridized carbons (Fsp3) is 0.577. The summed E-state index contributed by atoms with van der Waals surface area (Å²) in [6.07, 6.45) is 3.95. The topological polar surface area (TPSA) is 116 Å². The zero-order chi connectivity index (χ0) is 26.5. The van der Waals surface area contributed by atoms with Crippen molar-refractivity contribution in [3.05, 3.63) is 24.5 Å². The second-order valence-corrected chi connectivity index (χ2v) is 11.4. The Kier molecular flexibility index (Phi) is 6.43. The first-order valence-electron chi connectivity index (χ1n) is 12.9. The second-order valence-electron chi connectivity index (χ2n) is 11.4. The van der Waals surface area contributed by atoms with Crippen LogP contribution in [0.15, 0.2) is 24.5 Å². The molecule has 11 heteroatoms. The summed E-state index contributed by atoms with van der Waals surface area (Å²) < 4.78 is 2.01. The maximum atomic E-state index is 12.3. The number of fused-ring (bicyclic) bond motifs is 1. The van der Waals surface area contributed by atoms with Crippen LogP contribution >= 0.6 is 0 Å². The highest BCUT2D eigenvalue weighted by atomic mass is 16.3. The molecule has 37 heavy (non-hydrogen) atoms. The number of hydrogen-bond donors (Lipinski definition) is 2. The Bertz CT molecular complexity index is 1300. The van der Waals surface area contributed by atoms with Gasteiger partial charge >= 0.3 is 0 Å². The zero-order valence-electron chi connectivity index (χ0n) is 22.5. The summed E-state index contributed by atoms with van der Waals surface area (Å²) >= 11 is 0. The molecular weight excluding hydrogens is 470 g/mol. The largest absolute Gasteiger partial charge is 0.392 e. The van der Waals surface area contributed by atoms with Gasteiger partial charge in [-0.05, 0) is 26.3 Å². The summed E-state index contributed by atoms with van der Waals surface area (Å²) in [6.45, 7) is 11.1. The van der Waals surface area contributed by atoms with E-state index in [1.807, 2.05) is 23.0 Å². The van der Waals surface area contributed by atoms with Crippen LogP contribution in [0.3, 0.4) is 0 Å². The lowest BCUT2D eigenvalue weighted by Crippen LogP contribution is -2.53. The molecule has 1 amide bonds. The summed E-state index contributed by atoms with van der Waals surface area (Å²) in [7, 11) is 3.59. The summed E-state index contributed by atoms with van der Waals surface area (Å²) in [6, 6.07) is 3.98. The number of anilines is 4. The van der Waals surface area contributed by atoms with Crippen molar-refractivity contribution >= 4 is 40.2 Å². The number of nitrogens with zero attached hydrogens (tertiary/aromatic N) is 8. The van der Waals surface area contributed by atoms with E-state index in [9.17, 15) is 9.90 Å². The molecule has 0 aliphatic carbocycles. The molecule has 0 saturated carbocycles. The number of pyridine rings is 1. The van der Waals surface area contributed by atoms with E-state index in [1.54, 1.807) is 25.2 Å². The van der Waals surface area contributed by atoms with E-state index in [4.69, 9.17) is 10.1 Å². The Hall–Kier alpha value is -3.47. The van der Waals surface area contributed by atoms with Crippen LogP contribution in [-0.2, 0) is 4.79 Å². The van der Waals surface area contributed by atoms with E-state index in [-0.39, 0.29) is 29.4 Å². The molecular formula is C26H37N9O2. The first kappa shape index (κ1) is 25.2. The summed E-state index contributed by atoms with van der Waals surface area (Å²) in [5, 5.41) is 19.5. The maximum Gasteiger partial charge on any atom is 0.228 e. The van der Waals surface area contributed by atoms with Crippen molar-refractivity contribution in [3.8, 4) is 0 Å². The highest BCUT2D eigenvalue weighted by Gasteiger charge is 2.37. The third-order valence-electron chi connectivity index (χ3n) is 7.39. The Labute approximate surface area is 217 Å². The van der Waals surface area contributed by atoms with Gasteiger partial charge in [-0.1, -0.05) is 13.8 Å². The number of nitrogens with one attached hydrogen (secondary N) is 1. The van der Waals surface area contributed by atoms with Gasteiger partial charge in [-0.3, -0.25) is 9.48 Å². The number of carbonyl (C=O) groups excluding carboxylic acids is 1. The van der Waals surface area contributed by atoms with Gasteiger partial charge in [-0.25, -0.2) is 9.97 Å². The Morgan fingerprint density at radius 2 is 1.95 bits per heavy atom. The number of amides is 1. The lowest BCUT2D eigenvalue weighted by molar-refractivity contribution is -0.133. The molecule has 0 radical (unpaired) electrons. The van der Waals surface area contributed by atoms with Gasteiger partial charge in [0.1, 0.15) is 11.6 Å². The average Bonchev–Trinajstić information content (AvgIpc) is 3.18. The molecule has 2 aliphatic rings. The van der Waals surface area contributed by atoms with Crippen molar-refractivity contribution in [2.75, 3.05) is 55.4 Å². The van der Waals surface area contributed by atoms with Crippen LogP contribution in [0, 0.1) is 11.3 Å². The normalized spacial score (nSPS) is 19.8. The molecule has 0 spiro atoms. The fourth-order valence-electron chi connectivity index (χ4n) is 5.10. The van der Waals surface area contributed by atoms with Crippen molar-refractivity contribution in [1.82, 2.24) is 29.6 Å². The van der Waals surface area contributed by atoms with Crippen molar-refractivity contribution in [3.63, 3.8) is 0 Å². The number of rotatable bonds is 6. The number of hydrogen-bond acceptors (Lipinski definition) is 9. The molecule has 5 heterocycles. The van der Waals surface area contributed by atoms with E-state index < -0.39 is 0 Å². The van der Waals surface area contributed by atoms with Crippen molar-refractivity contribution in [2.45, 2.75) is 46.3 Å². The smallest absolute Gasteiger partial charge is 0.228 e. The van der Waals surface area contributed by atoms with Crippen molar-refractivity contribution in [1.29, 1.82) is 0 Å². The van der Waals surface area contributed by atoms with Gasteiger partial charge in [0.2, 0.25) is 11.9 Å². The Balaban J connectivity index is 1.37. The van der Waals surface area contributed by atoms with Gasteiger partial charge < -0.3 is 25.1 Å². The minimum atomic E-state index is -0.327. The van der Waals surface area contributed by atoms with E-state index in [0.29, 0.717) is 50.2 Å². The molecule has 2 saturated heterocycles. The molecule has 2 aliphatic heterocycles. The molecule has 1 unspecified atom stereocenters. The molecule has 3 aromatic heterocycles. The maximum absolute atomic E-state index is 12.3. The molecule has 198 valence electrons. The summed E-state index contributed by atoms with van der Waals surface area (Å²) in [5.74, 6) is 2.99. The molecule has 3 aromatic rings. The highest BCUT2D eigenvalue weighted by molar-refractivity contribution is 5.93. The van der Waals surface area contributed by atoms with Crippen LogP contribution in [0.5, 0.6) is 0 Å². The predicted molar refractivity (Wildman–Crippen MR) is 144 cm³/mol. The number of aliphatic hydroxyl groups excluding tert-OH is 1. The monoisotopic (exact) mass is 507 g/mol. The van der Waals surface area contributed by atoms with Gasteiger partial charge in [0, 0.05) is 70.2 Å². The lowest BCUT2D eigenvalue weighted by Gasteiger charge is -2.41. The number of piperidine rings is 1. The van der Waals surface area contributed by atoms with E-state index in [2.05, 4.69) is 52.8 Å². The van der Waals surface area contributed by atoms with Crippen molar-refractivity contribution < 1.29 is 9.90 Å². The number of aliphatic hydroxyl groups is 1. The SMILES string of the molecule is CC(C)n1nc(N2CC(C(=O)N(C)C)C2)c2cnc(Nc3ccnc(N4CCC(O)C(C)(C)C4)n3)cc21. The molecule has 2 N–H and O–H groups in total. The summed E-state index contributed by atoms with van der Waals surface area (Å²) in [5.41, 5.74) is 0.756. The van der Waals surface area contributed by atoms with Gasteiger partial charge in [-0.15, -0.1) is 0 Å². The van der Waals surface area contributed by atoms with E-state index in [0.717, 1.165) is 16.7 Å². The number of aromatic nitrogens is 5. The molecule has 2 fully saturated rings. The molecule has 0 bridgehead atoms. The lowest BCUT2D eigenvalue weighted by atomic mass is 9.81. The first-order chi connectivity index (χ1) is 17.5. The number of carbonyl (C=O) groups is 1. The third kappa shape index (κ3) is 4.79. The fourth-order valence-corrected chi connectivity index (χ4v) is 5.10. The predicted octanol–water partition coefficient (Wildman–Crippen LogP) is 2.67. The zero-order valence-corrected chi connectivity index (χ0v) is 22.5. The molecule has 0 aromatic carbocycles. The van der Waals surface area contributed by atoms with Crippen molar-refractivity contribution in [2.24, 2.45) is 11.3 Å². The van der Waals surface area contributed by atoms with E-state index >= 15 is 0 Å². The minimum absolute atomic E-state index is 0.00357.